The van der Waals surface area contributed by atoms with Crippen LogP contribution in [0.4, 0.5) is 5.95 Å². The highest BCUT2D eigenvalue weighted by Gasteiger charge is 2.44. The first-order valence-corrected chi connectivity index (χ1v) is 15.4. The van der Waals surface area contributed by atoms with Crippen molar-refractivity contribution >= 4 is 47.8 Å². The largest absolute Gasteiger partial charge is 0.395 e. The average molecular weight is 589 g/mol. The molecule has 14 nitrogen and oxygen atoms in total. The van der Waals surface area contributed by atoms with Crippen molar-refractivity contribution in [3.05, 3.63) is 16.7 Å². The fraction of sp³-hybridized carbons (Fsp3) is 0.696. The molecule has 39 heavy (non-hydrogen) atoms. The van der Waals surface area contributed by atoms with Crippen LogP contribution in [0.5, 0.6) is 0 Å². The van der Waals surface area contributed by atoms with Crippen molar-refractivity contribution in [2.75, 3.05) is 57.6 Å². The highest BCUT2D eigenvalue weighted by Crippen LogP contribution is 2.52. The Morgan fingerprint density at radius 3 is 2.79 bits per heavy atom. The quantitative estimate of drug-likeness (QED) is 0.209. The van der Waals surface area contributed by atoms with Crippen molar-refractivity contribution < 1.29 is 33.5 Å². The molecule has 16 heteroatoms. The molecule has 0 aromatic carbocycles. The van der Waals surface area contributed by atoms with Gasteiger partial charge in [-0.25, -0.2) is 9.65 Å². The highest BCUT2D eigenvalue weighted by atomic mass is 32.2. The van der Waals surface area contributed by atoms with Gasteiger partial charge in [0.25, 0.3) is 5.56 Å². The van der Waals surface area contributed by atoms with Crippen molar-refractivity contribution in [2.24, 2.45) is 11.3 Å². The number of aromatic amines is 1. The van der Waals surface area contributed by atoms with Crippen molar-refractivity contribution in [2.45, 2.75) is 39.2 Å². The van der Waals surface area contributed by atoms with Gasteiger partial charge in [-0.05, 0) is 20.1 Å². The van der Waals surface area contributed by atoms with Crippen LogP contribution in [0.25, 0.3) is 11.2 Å². The van der Waals surface area contributed by atoms with E-state index >= 15 is 0 Å². The maximum absolute atomic E-state index is 12.3. The number of hydrogen-bond acceptors (Lipinski definition) is 13. The number of nitrogen functional groups attached to an aromatic ring is 1. The number of H-pyrrole nitrogens is 1. The number of nitrogens with two attached hydrogens (primary N) is 1. The number of ether oxygens (including phenoxy) is 2. The van der Waals surface area contributed by atoms with Gasteiger partial charge in [0.05, 0.1) is 50.9 Å². The number of carbonyl (C=O) groups is 1. The van der Waals surface area contributed by atoms with Crippen molar-refractivity contribution in [3.63, 3.8) is 0 Å². The summed E-state index contributed by atoms with van der Waals surface area (Å²) in [4.78, 5) is 35.3. The predicted octanol–water partition coefficient (Wildman–Crippen LogP) is 0.435. The number of carbonyl (C=O) groups excluding carboxylic acids is 1. The molecule has 4 heterocycles. The topological polar surface area (TPSA) is 187 Å². The summed E-state index contributed by atoms with van der Waals surface area (Å²) in [7, 11) is -2.84. The van der Waals surface area contributed by atoms with Crippen LogP contribution in [0.3, 0.4) is 0 Å². The number of rotatable bonds is 11. The molecule has 2 saturated heterocycles. The van der Waals surface area contributed by atoms with Gasteiger partial charge in [0, 0.05) is 24.8 Å². The van der Waals surface area contributed by atoms with E-state index in [0.29, 0.717) is 32.1 Å². The second-order valence-corrected chi connectivity index (χ2v) is 13.6. The number of nitrogens with one attached hydrogen (secondary N) is 1. The molecule has 5 atom stereocenters. The molecule has 4 rings (SSSR count). The number of anilines is 1. The SMILES string of the molecule is C=P(OCCSC(=O)C(C)(C)CO)(OCC1OC(n2cnc3c(=O)[nH]c(N)nc32)C(C)C1O)N1CCOCC1. The van der Waals surface area contributed by atoms with E-state index < -0.39 is 36.9 Å². The van der Waals surface area contributed by atoms with E-state index in [1.54, 1.807) is 18.4 Å². The normalized spacial score (nSPS) is 26.2. The number of aliphatic hydroxyl groups excluding tert-OH is 2. The standard InChI is InChI=1S/C23H37N6O8PS/c1-14-17(31)15(37-20(14)29-13-25-16-18(29)26-22(24)27-19(16)32)11-36-38(4,28-5-7-34-8-6-28)35-9-10-39-21(33)23(2,3)12-30/h13-15,17,20,30-31H,4-12H2,1-3H3,(H3,24,26,27,32). The van der Waals surface area contributed by atoms with Crippen molar-refractivity contribution in [3.8, 4) is 0 Å². The molecule has 218 valence electrons. The Bertz CT molecular complexity index is 1260. The van der Waals surface area contributed by atoms with E-state index in [4.69, 9.17) is 24.3 Å². The van der Waals surface area contributed by atoms with E-state index in [1.165, 1.54) is 6.33 Å². The fourth-order valence-corrected chi connectivity index (χ4v) is 7.16. The lowest BCUT2D eigenvalue weighted by atomic mass is 9.97. The third kappa shape index (κ3) is 6.58. The maximum atomic E-state index is 12.3. The summed E-state index contributed by atoms with van der Waals surface area (Å²) in [6, 6.07) is 0. The van der Waals surface area contributed by atoms with Crippen LogP contribution < -0.4 is 11.3 Å². The van der Waals surface area contributed by atoms with E-state index in [0.717, 1.165) is 11.8 Å². The first-order valence-electron chi connectivity index (χ1n) is 12.7. The number of morpholine rings is 1. The van der Waals surface area contributed by atoms with Gasteiger partial charge in [0.2, 0.25) is 5.95 Å². The minimum Gasteiger partial charge on any atom is -0.395 e. The van der Waals surface area contributed by atoms with Gasteiger partial charge in [-0.15, -0.1) is 0 Å². The van der Waals surface area contributed by atoms with Gasteiger partial charge in [-0.1, -0.05) is 18.7 Å². The first kappa shape index (κ1) is 30.2. The number of aromatic nitrogens is 4. The lowest BCUT2D eigenvalue weighted by Gasteiger charge is -2.38. The summed E-state index contributed by atoms with van der Waals surface area (Å²) in [6.45, 7) is 7.33. The smallest absolute Gasteiger partial charge is 0.280 e. The van der Waals surface area contributed by atoms with Crippen LogP contribution in [-0.4, -0.2) is 110 Å². The molecule has 5 unspecified atom stereocenters. The third-order valence-corrected chi connectivity index (χ3v) is 10.4. The zero-order valence-electron chi connectivity index (χ0n) is 22.3. The molecule has 0 saturated carbocycles. The number of nitrogens with zero attached hydrogens (tertiary/aromatic N) is 4. The molecule has 5 N–H and O–H groups in total. The zero-order chi connectivity index (χ0) is 28.4. The summed E-state index contributed by atoms with van der Waals surface area (Å²) in [6.07, 6.45) is 3.47. The fourth-order valence-electron chi connectivity index (χ4n) is 4.30. The van der Waals surface area contributed by atoms with Gasteiger partial charge < -0.3 is 34.5 Å². The maximum Gasteiger partial charge on any atom is 0.280 e. The molecule has 2 aliphatic heterocycles. The predicted molar refractivity (Wildman–Crippen MR) is 148 cm³/mol. The van der Waals surface area contributed by atoms with Crippen LogP contribution in [0.2, 0.25) is 0 Å². The molecule has 0 radical (unpaired) electrons. The molecular weight excluding hydrogens is 551 g/mol. The molecule has 0 amide bonds. The minimum atomic E-state index is -2.84. The molecule has 2 aliphatic rings. The number of hydrogen-bond donors (Lipinski definition) is 4. The van der Waals surface area contributed by atoms with Crippen LogP contribution in [0, 0.1) is 11.3 Å². The molecular formula is C23H37N6O8PS. The summed E-state index contributed by atoms with van der Waals surface area (Å²) in [5, 5.41) is 20.3. The van der Waals surface area contributed by atoms with Crippen LogP contribution >= 0.6 is 19.3 Å². The summed E-state index contributed by atoms with van der Waals surface area (Å²) in [5.41, 5.74) is 4.81. The molecule has 2 aromatic rings. The van der Waals surface area contributed by atoms with Crippen LogP contribution in [-0.2, 0) is 23.3 Å². The van der Waals surface area contributed by atoms with Gasteiger partial charge in [-0.2, -0.15) is 4.98 Å². The van der Waals surface area contributed by atoms with Crippen LogP contribution in [0.15, 0.2) is 11.1 Å². The number of imidazole rings is 1. The minimum absolute atomic E-state index is 0.00301. The number of aliphatic hydroxyl groups is 2. The third-order valence-electron chi connectivity index (χ3n) is 6.82. The van der Waals surface area contributed by atoms with Gasteiger partial charge in [0.1, 0.15) is 12.3 Å². The Labute approximate surface area is 230 Å². The lowest BCUT2D eigenvalue weighted by Crippen LogP contribution is -2.37. The van der Waals surface area contributed by atoms with E-state index in [2.05, 4.69) is 21.3 Å². The summed E-state index contributed by atoms with van der Waals surface area (Å²) in [5.74, 6) is -0.0513. The number of fused-ring (bicyclic) bond motifs is 1. The van der Waals surface area contributed by atoms with Crippen LogP contribution in [0.1, 0.15) is 27.0 Å². The Morgan fingerprint density at radius 2 is 2.10 bits per heavy atom. The van der Waals surface area contributed by atoms with Gasteiger partial charge >= 0.3 is 0 Å². The van der Waals surface area contributed by atoms with E-state index in [9.17, 15) is 19.8 Å². The summed E-state index contributed by atoms with van der Waals surface area (Å²) >= 11 is 1.10. The Kier molecular flexibility index (Phi) is 9.56. The molecule has 0 spiro atoms. The van der Waals surface area contributed by atoms with Crippen molar-refractivity contribution in [1.82, 2.24) is 24.2 Å². The monoisotopic (exact) mass is 588 g/mol. The first-order chi connectivity index (χ1) is 18.5. The Balaban J connectivity index is 1.43. The molecule has 2 aromatic heterocycles. The molecule has 0 aliphatic carbocycles. The second kappa shape index (κ2) is 12.4. The summed E-state index contributed by atoms with van der Waals surface area (Å²) < 4.78 is 27.7. The van der Waals surface area contributed by atoms with Gasteiger partial charge in [-0.3, -0.25) is 19.1 Å². The van der Waals surface area contributed by atoms with Gasteiger partial charge in [0.15, 0.2) is 23.8 Å². The Hall–Kier alpha value is -1.81. The average Bonchev–Trinajstić information content (AvgIpc) is 3.46. The number of thioether (sulfide) groups is 1. The lowest BCUT2D eigenvalue weighted by molar-refractivity contribution is -0.119. The van der Waals surface area contributed by atoms with E-state index in [-0.39, 0.29) is 48.0 Å². The molecule has 0 bridgehead atoms. The highest BCUT2D eigenvalue weighted by molar-refractivity contribution is 8.13. The van der Waals surface area contributed by atoms with Crippen molar-refractivity contribution in [1.29, 1.82) is 0 Å². The second-order valence-electron chi connectivity index (χ2n) is 10.2. The van der Waals surface area contributed by atoms with E-state index in [1.807, 2.05) is 11.6 Å². The zero-order valence-corrected chi connectivity index (χ0v) is 24.0. The molecule has 2 fully saturated rings. The Morgan fingerprint density at radius 1 is 1.38 bits per heavy atom.